The number of carbonyl (C=O) groups is 2. The molecule has 112 valence electrons. The lowest BCUT2D eigenvalue weighted by Crippen LogP contribution is -2.36. The fraction of sp³-hybridized carbons (Fsp3) is 0.250. The maximum absolute atomic E-state index is 11.6. The Balaban J connectivity index is 1.67. The molecule has 0 radical (unpaired) electrons. The Labute approximate surface area is 129 Å². The number of nitrogens with zero attached hydrogens (tertiary/aromatic N) is 2. The third kappa shape index (κ3) is 4.76. The van der Waals surface area contributed by atoms with E-state index >= 15 is 0 Å². The van der Waals surface area contributed by atoms with Crippen molar-refractivity contribution in [2.45, 2.75) is 13.1 Å². The van der Waals surface area contributed by atoms with Crippen molar-refractivity contribution in [3.8, 4) is 0 Å². The van der Waals surface area contributed by atoms with Crippen LogP contribution in [0.5, 0.6) is 0 Å². The Kier molecular flexibility index (Phi) is 5.18. The van der Waals surface area contributed by atoms with E-state index in [1.165, 1.54) is 23.9 Å². The molecule has 0 spiro atoms. The van der Waals surface area contributed by atoms with Gasteiger partial charge < -0.3 is 20.3 Å². The SMILES string of the molecule is O=C(NCCn1cnc(C(=O)O)c1)NCc1ccc(Cl)s1. The molecule has 0 unspecified atom stereocenters. The number of carbonyl (C=O) groups excluding carboxylic acids is 1. The van der Waals surface area contributed by atoms with Crippen LogP contribution in [0, 0.1) is 0 Å². The summed E-state index contributed by atoms with van der Waals surface area (Å²) in [5, 5.41) is 14.1. The number of aromatic nitrogens is 2. The van der Waals surface area contributed by atoms with Gasteiger partial charge in [0.25, 0.3) is 0 Å². The van der Waals surface area contributed by atoms with E-state index < -0.39 is 5.97 Å². The zero-order valence-electron chi connectivity index (χ0n) is 10.9. The van der Waals surface area contributed by atoms with Gasteiger partial charge >= 0.3 is 12.0 Å². The van der Waals surface area contributed by atoms with Crippen LogP contribution >= 0.6 is 22.9 Å². The standard InChI is InChI=1S/C12H13ClN4O3S/c13-10-2-1-8(21-10)5-15-12(20)14-3-4-17-6-9(11(18)19)16-7-17/h1-2,6-7H,3-5H2,(H,18,19)(H2,14,15,20). The van der Waals surface area contributed by atoms with Crippen molar-refractivity contribution >= 4 is 34.9 Å². The summed E-state index contributed by atoms with van der Waals surface area (Å²) in [5.74, 6) is -1.07. The number of thiophene rings is 1. The zero-order chi connectivity index (χ0) is 15.2. The van der Waals surface area contributed by atoms with E-state index in [-0.39, 0.29) is 11.7 Å². The Morgan fingerprint density at radius 3 is 2.81 bits per heavy atom. The van der Waals surface area contributed by atoms with Crippen LogP contribution < -0.4 is 10.6 Å². The quantitative estimate of drug-likeness (QED) is 0.753. The number of halogens is 1. The van der Waals surface area contributed by atoms with E-state index in [1.54, 1.807) is 10.6 Å². The number of imidazole rings is 1. The molecule has 0 saturated carbocycles. The summed E-state index contributed by atoms with van der Waals surface area (Å²) in [4.78, 5) is 26.9. The van der Waals surface area contributed by atoms with Crippen LogP contribution in [-0.2, 0) is 13.1 Å². The lowest BCUT2D eigenvalue weighted by molar-refractivity contribution is 0.0691. The molecule has 2 amide bonds. The fourth-order valence-electron chi connectivity index (χ4n) is 1.57. The molecule has 2 aromatic heterocycles. The normalized spacial score (nSPS) is 10.3. The van der Waals surface area contributed by atoms with Crippen molar-refractivity contribution in [2.75, 3.05) is 6.54 Å². The molecule has 0 atom stereocenters. The Morgan fingerprint density at radius 2 is 2.19 bits per heavy atom. The Hall–Kier alpha value is -2.06. The number of amides is 2. The van der Waals surface area contributed by atoms with Crippen molar-refractivity contribution < 1.29 is 14.7 Å². The summed E-state index contributed by atoms with van der Waals surface area (Å²) >= 11 is 7.20. The van der Waals surface area contributed by atoms with Crippen LogP contribution in [0.2, 0.25) is 4.34 Å². The van der Waals surface area contributed by atoms with Crippen LogP contribution in [0.1, 0.15) is 15.4 Å². The molecule has 0 aliphatic carbocycles. The molecule has 0 aromatic carbocycles. The Morgan fingerprint density at radius 1 is 1.38 bits per heavy atom. The van der Waals surface area contributed by atoms with Gasteiger partial charge in [-0.25, -0.2) is 14.6 Å². The summed E-state index contributed by atoms with van der Waals surface area (Å²) in [7, 11) is 0. The molecule has 0 saturated heterocycles. The van der Waals surface area contributed by atoms with Crippen LogP contribution in [0.25, 0.3) is 0 Å². The predicted octanol–water partition coefficient (Wildman–Crippen LogP) is 1.80. The van der Waals surface area contributed by atoms with Crippen molar-refractivity contribution in [3.05, 3.63) is 39.6 Å². The molecule has 2 aromatic rings. The van der Waals surface area contributed by atoms with Gasteiger partial charge in [-0.15, -0.1) is 11.3 Å². The maximum Gasteiger partial charge on any atom is 0.356 e. The molecule has 2 rings (SSSR count). The van der Waals surface area contributed by atoms with Gasteiger partial charge in [-0.1, -0.05) is 11.6 Å². The summed E-state index contributed by atoms with van der Waals surface area (Å²) < 4.78 is 2.28. The highest BCUT2D eigenvalue weighted by Crippen LogP contribution is 2.20. The summed E-state index contributed by atoms with van der Waals surface area (Å²) in [6.45, 7) is 1.22. The number of aromatic carboxylic acids is 1. The second-order valence-electron chi connectivity index (χ2n) is 4.12. The van der Waals surface area contributed by atoms with E-state index in [9.17, 15) is 9.59 Å². The highest BCUT2D eigenvalue weighted by atomic mass is 35.5. The smallest absolute Gasteiger partial charge is 0.356 e. The van der Waals surface area contributed by atoms with Crippen molar-refractivity contribution in [1.29, 1.82) is 0 Å². The third-order valence-corrected chi connectivity index (χ3v) is 3.79. The Bertz CT molecular complexity index is 640. The van der Waals surface area contributed by atoms with Gasteiger partial charge in [0.05, 0.1) is 17.2 Å². The van der Waals surface area contributed by atoms with E-state index in [4.69, 9.17) is 16.7 Å². The number of carboxylic acids is 1. The van der Waals surface area contributed by atoms with Gasteiger partial charge in [-0.05, 0) is 12.1 Å². The topological polar surface area (TPSA) is 96.2 Å². The maximum atomic E-state index is 11.6. The van der Waals surface area contributed by atoms with Gasteiger partial charge in [0.15, 0.2) is 5.69 Å². The molecule has 9 heteroatoms. The molecule has 7 nitrogen and oxygen atoms in total. The van der Waals surface area contributed by atoms with Gasteiger partial charge in [-0.3, -0.25) is 0 Å². The first-order valence-corrected chi connectivity index (χ1v) is 7.25. The molecular formula is C12H13ClN4O3S. The minimum atomic E-state index is -1.07. The first kappa shape index (κ1) is 15.3. The number of urea groups is 1. The highest BCUT2D eigenvalue weighted by Gasteiger charge is 2.06. The molecular weight excluding hydrogens is 316 g/mol. The number of rotatable bonds is 6. The average molecular weight is 329 g/mol. The second kappa shape index (κ2) is 7.09. The first-order valence-electron chi connectivity index (χ1n) is 6.05. The van der Waals surface area contributed by atoms with E-state index in [1.807, 2.05) is 6.07 Å². The molecule has 2 heterocycles. The van der Waals surface area contributed by atoms with Gasteiger partial charge in [0.2, 0.25) is 0 Å². The minimum absolute atomic E-state index is 0.0194. The predicted molar refractivity (Wildman–Crippen MR) is 78.8 cm³/mol. The number of hydrogen-bond acceptors (Lipinski definition) is 4. The molecule has 0 aliphatic rings. The summed E-state index contributed by atoms with van der Waals surface area (Å²) in [5.41, 5.74) is -0.0194. The highest BCUT2D eigenvalue weighted by molar-refractivity contribution is 7.16. The van der Waals surface area contributed by atoms with Crippen LogP contribution in [0.3, 0.4) is 0 Å². The van der Waals surface area contributed by atoms with Crippen LogP contribution in [0.15, 0.2) is 24.7 Å². The lowest BCUT2D eigenvalue weighted by Gasteiger charge is -2.07. The largest absolute Gasteiger partial charge is 0.476 e. The summed E-state index contributed by atoms with van der Waals surface area (Å²) in [6, 6.07) is 3.34. The van der Waals surface area contributed by atoms with E-state index in [2.05, 4.69) is 15.6 Å². The van der Waals surface area contributed by atoms with Crippen LogP contribution in [-0.4, -0.2) is 33.2 Å². The third-order valence-electron chi connectivity index (χ3n) is 2.56. The number of hydrogen-bond donors (Lipinski definition) is 3. The molecule has 0 aliphatic heterocycles. The van der Waals surface area contributed by atoms with Gasteiger partial charge in [0, 0.05) is 24.2 Å². The minimum Gasteiger partial charge on any atom is -0.476 e. The van der Waals surface area contributed by atoms with Gasteiger partial charge in [0.1, 0.15) is 0 Å². The monoisotopic (exact) mass is 328 g/mol. The van der Waals surface area contributed by atoms with Crippen molar-refractivity contribution in [1.82, 2.24) is 20.2 Å². The van der Waals surface area contributed by atoms with E-state index in [0.29, 0.717) is 24.0 Å². The number of carboxylic acid groups (broad SMARTS) is 1. The molecule has 3 N–H and O–H groups in total. The summed E-state index contributed by atoms with van der Waals surface area (Å²) in [6.07, 6.45) is 2.83. The average Bonchev–Trinajstić information content (AvgIpc) is 3.05. The first-order chi connectivity index (χ1) is 10.0. The van der Waals surface area contributed by atoms with E-state index in [0.717, 1.165) is 4.88 Å². The van der Waals surface area contributed by atoms with Crippen molar-refractivity contribution in [2.24, 2.45) is 0 Å². The molecule has 0 bridgehead atoms. The second-order valence-corrected chi connectivity index (χ2v) is 5.92. The molecule has 21 heavy (non-hydrogen) atoms. The fourth-order valence-corrected chi connectivity index (χ4v) is 2.60. The van der Waals surface area contributed by atoms with Crippen molar-refractivity contribution in [3.63, 3.8) is 0 Å². The lowest BCUT2D eigenvalue weighted by atomic mass is 10.4. The number of nitrogens with one attached hydrogen (secondary N) is 2. The zero-order valence-corrected chi connectivity index (χ0v) is 12.4. The van der Waals surface area contributed by atoms with Gasteiger partial charge in [-0.2, -0.15) is 0 Å². The molecule has 0 fully saturated rings. The van der Waals surface area contributed by atoms with Crippen LogP contribution in [0.4, 0.5) is 4.79 Å².